The van der Waals surface area contributed by atoms with Gasteiger partial charge in [-0.3, -0.25) is 0 Å². The summed E-state index contributed by atoms with van der Waals surface area (Å²) in [5, 5.41) is 8.95. The molecule has 0 bridgehead atoms. The van der Waals surface area contributed by atoms with E-state index >= 15 is 0 Å². The number of nitriles is 1. The predicted octanol–water partition coefficient (Wildman–Crippen LogP) is 3.52. The Morgan fingerprint density at radius 2 is 1.71 bits per heavy atom. The van der Waals surface area contributed by atoms with Crippen molar-refractivity contribution in [1.29, 1.82) is 5.26 Å². The summed E-state index contributed by atoms with van der Waals surface area (Å²) >= 11 is 0. The lowest BCUT2D eigenvalue weighted by atomic mass is 9.86. The van der Waals surface area contributed by atoms with Crippen molar-refractivity contribution in [3.05, 3.63) is 29.8 Å². The summed E-state index contributed by atoms with van der Waals surface area (Å²) in [5.74, 6) is -2.46. The summed E-state index contributed by atoms with van der Waals surface area (Å²) in [6, 6.07) is 8.80. The van der Waals surface area contributed by atoms with Gasteiger partial charge in [-0.25, -0.2) is 8.78 Å². The average Bonchev–Trinajstić information content (AvgIpc) is 2.26. The van der Waals surface area contributed by atoms with Crippen LogP contribution in [-0.2, 0) is 5.41 Å². The van der Waals surface area contributed by atoms with Crippen molar-refractivity contribution in [2.45, 2.75) is 32.1 Å². The quantitative estimate of drug-likeness (QED) is 0.805. The van der Waals surface area contributed by atoms with Gasteiger partial charge >= 0.3 is 0 Å². The Balaban J connectivity index is 2.73. The minimum absolute atomic E-state index is 0.379. The lowest BCUT2D eigenvalue weighted by Gasteiger charge is -2.17. The number of rotatable bonds is 4. The third-order valence-electron chi connectivity index (χ3n) is 2.35. The molecule has 0 aliphatic rings. The smallest absolute Gasteiger partial charge is 0.278 e. The molecule has 0 aliphatic carbocycles. The maximum absolute atomic E-state index is 12.6. The molecule has 2 nitrogen and oxygen atoms in total. The van der Waals surface area contributed by atoms with E-state index in [9.17, 15) is 8.78 Å². The lowest BCUT2D eigenvalue weighted by Crippen LogP contribution is -2.21. The van der Waals surface area contributed by atoms with Gasteiger partial charge in [0.25, 0.3) is 5.92 Å². The van der Waals surface area contributed by atoms with Crippen LogP contribution in [0, 0.1) is 11.3 Å². The molecule has 0 unspecified atom stereocenters. The van der Waals surface area contributed by atoms with E-state index < -0.39 is 17.9 Å². The Kier molecular flexibility index (Phi) is 3.72. The molecular weight excluding hydrogens is 224 g/mol. The summed E-state index contributed by atoms with van der Waals surface area (Å²) in [4.78, 5) is 0. The molecule has 0 saturated heterocycles. The summed E-state index contributed by atoms with van der Waals surface area (Å²) in [7, 11) is 0. The largest absolute Gasteiger partial charge is 0.487 e. The molecule has 1 aromatic carbocycles. The van der Waals surface area contributed by atoms with E-state index in [-0.39, 0.29) is 0 Å². The SMILES string of the molecule is CC(F)(F)COc1ccc(C(C)(C)C#N)cc1. The zero-order valence-corrected chi connectivity index (χ0v) is 10.1. The lowest BCUT2D eigenvalue weighted by molar-refractivity contribution is -0.0229. The molecule has 0 saturated carbocycles. The maximum atomic E-state index is 12.6. The molecule has 0 N–H and O–H groups in total. The van der Waals surface area contributed by atoms with Crippen molar-refractivity contribution in [1.82, 2.24) is 0 Å². The monoisotopic (exact) mass is 239 g/mol. The van der Waals surface area contributed by atoms with Crippen LogP contribution >= 0.6 is 0 Å². The predicted molar refractivity (Wildman–Crippen MR) is 61.2 cm³/mol. The number of ether oxygens (including phenoxy) is 1. The van der Waals surface area contributed by atoms with Crippen molar-refractivity contribution >= 4 is 0 Å². The third-order valence-corrected chi connectivity index (χ3v) is 2.35. The zero-order valence-electron chi connectivity index (χ0n) is 10.1. The first-order valence-electron chi connectivity index (χ1n) is 5.27. The van der Waals surface area contributed by atoms with Crippen LogP contribution in [0.5, 0.6) is 5.75 Å². The van der Waals surface area contributed by atoms with Gasteiger partial charge in [0, 0.05) is 6.92 Å². The summed E-state index contributed by atoms with van der Waals surface area (Å²) in [6.07, 6.45) is 0. The molecule has 0 fully saturated rings. The Morgan fingerprint density at radius 1 is 1.18 bits per heavy atom. The van der Waals surface area contributed by atoms with Crippen LogP contribution in [0.4, 0.5) is 8.78 Å². The van der Waals surface area contributed by atoms with Gasteiger partial charge < -0.3 is 4.74 Å². The van der Waals surface area contributed by atoms with E-state index in [1.54, 1.807) is 38.1 Å². The standard InChI is InChI=1S/C13H15F2NO/c1-12(2,8-16)10-4-6-11(7-5-10)17-9-13(3,14)15/h4-7H,9H2,1-3H3. The van der Waals surface area contributed by atoms with Crippen LogP contribution < -0.4 is 4.74 Å². The second-order valence-electron chi connectivity index (χ2n) is 4.62. The number of nitrogens with zero attached hydrogens (tertiary/aromatic N) is 1. The van der Waals surface area contributed by atoms with Gasteiger partial charge in [0.05, 0.1) is 11.5 Å². The molecule has 0 spiro atoms. The Hall–Kier alpha value is -1.63. The highest BCUT2D eigenvalue weighted by Crippen LogP contribution is 2.25. The first-order chi connectivity index (χ1) is 7.74. The van der Waals surface area contributed by atoms with Crippen LogP contribution in [0.15, 0.2) is 24.3 Å². The molecule has 4 heteroatoms. The Morgan fingerprint density at radius 3 is 2.12 bits per heavy atom. The first kappa shape index (κ1) is 13.4. The number of halogens is 2. The van der Waals surface area contributed by atoms with Crippen LogP contribution in [0.3, 0.4) is 0 Å². The molecule has 0 atom stereocenters. The number of hydrogen-bond acceptors (Lipinski definition) is 2. The van der Waals surface area contributed by atoms with Crippen molar-refractivity contribution in [2.75, 3.05) is 6.61 Å². The van der Waals surface area contributed by atoms with Gasteiger partial charge in [0.1, 0.15) is 5.75 Å². The number of hydrogen-bond donors (Lipinski definition) is 0. The van der Waals surface area contributed by atoms with Crippen LogP contribution in [0.2, 0.25) is 0 Å². The summed E-state index contributed by atoms with van der Waals surface area (Å²) in [5.41, 5.74) is 0.239. The van der Waals surface area contributed by atoms with Gasteiger partial charge in [-0.05, 0) is 31.5 Å². The molecular formula is C13H15F2NO. The first-order valence-corrected chi connectivity index (χ1v) is 5.27. The highest BCUT2D eigenvalue weighted by Gasteiger charge is 2.22. The van der Waals surface area contributed by atoms with Crippen molar-refractivity contribution in [3.63, 3.8) is 0 Å². The van der Waals surface area contributed by atoms with Gasteiger partial charge in [-0.15, -0.1) is 0 Å². The van der Waals surface area contributed by atoms with E-state index in [4.69, 9.17) is 10.00 Å². The Bertz CT molecular complexity index is 413. The van der Waals surface area contributed by atoms with Crippen LogP contribution in [0.25, 0.3) is 0 Å². The maximum Gasteiger partial charge on any atom is 0.278 e. The minimum atomic E-state index is -2.84. The molecule has 0 heterocycles. The fraction of sp³-hybridized carbons (Fsp3) is 0.462. The van der Waals surface area contributed by atoms with Gasteiger partial charge in [-0.2, -0.15) is 5.26 Å². The second kappa shape index (κ2) is 4.70. The number of alkyl halides is 2. The topological polar surface area (TPSA) is 33.0 Å². The van der Waals surface area contributed by atoms with E-state index in [1.165, 1.54) is 0 Å². The van der Waals surface area contributed by atoms with E-state index in [2.05, 4.69) is 6.07 Å². The highest BCUT2D eigenvalue weighted by atomic mass is 19.3. The molecule has 0 aromatic heterocycles. The number of benzene rings is 1. The molecule has 1 aromatic rings. The van der Waals surface area contributed by atoms with Gasteiger partial charge in [-0.1, -0.05) is 12.1 Å². The van der Waals surface area contributed by atoms with Crippen molar-refractivity contribution in [2.24, 2.45) is 0 Å². The van der Waals surface area contributed by atoms with Crippen molar-refractivity contribution < 1.29 is 13.5 Å². The molecule has 92 valence electrons. The normalized spacial score (nSPS) is 12.0. The molecule has 0 amide bonds. The molecule has 17 heavy (non-hydrogen) atoms. The molecule has 0 aliphatic heterocycles. The van der Waals surface area contributed by atoms with E-state index in [0.717, 1.165) is 12.5 Å². The summed E-state index contributed by atoms with van der Waals surface area (Å²) < 4.78 is 30.1. The van der Waals surface area contributed by atoms with Gasteiger partial charge in [0.15, 0.2) is 6.61 Å². The zero-order chi connectivity index (χ0) is 13.1. The van der Waals surface area contributed by atoms with Gasteiger partial charge in [0.2, 0.25) is 0 Å². The fourth-order valence-corrected chi connectivity index (χ4v) is 1.24. The van der Waals surface area contributed by atoms with E-state index in [0.29, 0.717) is 5.75 Å². The fourth-order valence-electron chi connectivity index (χ4n) is 1.24. The average molecular weight is 239 g/mol. The molecule has 1 rings (SSSR count). The second-order valence-corrected chi connectivity index (χ2v) is 4.62. The molecule has 0 radical (unpaired) electrons. The Labute approximate surface area is 99.8 Å². The van der Waals surface area contributed by atoms with Crippen molar-refractivity contribution in [3.8, 4) is 11.8 Å². The van der Waals surface area contributed by atoms with E-state index in [1.807, 2.05) is 0 Å². The van der Waals surface area contributed by atoms with Crippen LogP contribution in [-0.4, -0.2) is 12.5 Å². The minimum Gasteiger partial charge on any atom is -0.487 e. The highest BCUT2D eigenvalue weighted by molar-refractivity contribution is 5.35. The van der Waals surface area contributed by atoms with Crippen LogP contribution in [0.1, 0.15) is 26.3 Å². The summed E-state index contributed by atoms with van der Waals surface area (Å²) in [6.45, 7) is 3.75. The third kappa shape index (κ3) is 4.03.